The van der Waals surface area contributed by atoms with Gasteiger partial charge >= 0.3 is 0 Å². The molecule has 1 unspecified atom stereocenters. The lowest BCUT2D eigenvalue weighted by molar-refractivity contribution is 0.0944. The van der Waals surface area contributed by atoms with E-state index in [0.717, 1.165) is 43.6 Å². The first-order chi connectivity index (χ1) is 11.7. The van der Waals surface area contributed by atoms with Gasteiger partial charge in [-0.05, 0) is 44.0 Å². The first-order valence-corrected chi connectivity index (χ1v) is 8.79. The van der Waals surface area contributed by atoms with Gasteiger partial charge in [0.05, 0.1) is 11.4 Å². The minimum atomic E-state index is -0.166. The molecule has 25 heavy (non-hydrogen) atoms. The van der Waals surface area contributed by atoms with E-state index < -0.39 is 0 Å². The van der Waals surface area contributed by atoms with E-state index in [4.69, 9.17) is 11.6 Å². The largest absolute Gasteiger partial charge is 0.349 e. The predicted octanol–water partition coefficient (Wildman–Crippen LogP) is 2.78. The molecule has 0 spiro atoms. The second kappa shape index (κ2) is 9.17. The summed E-state index contributed by atoms with van der Waals surface area (Å²) < 4.78 is 1.71. The molecule has 0 aliphatic carbocycles. The van der Waals surface area contributed by atoms with Crippen LogP contribution in [0.2, 0.25) is 5.02 Å². The van der Waals surface area contributed by atoms with Crippen LogP contribution in [0.4, 0.5) is 0 Å². The number of rotatable bonds is 6. The summed E-state index contributed by atoms with van der Waals surface area (Å²) in [7, 11) is 0. The molecule has 1 aromatic carbocycles. The van der Waals surface area contributed by atoms with Crippen LogP contribution in [0.1, 0.15) is 42.4 Å². The van der Waals surface area contributed by atoms with Gasteiger partial charge in [0.15, 0.2) is 5.69 Å². The lowest BCUT2D eigenvalue weighted by Crippen LogP contribution is -2.37. The number of hydrogen-bond donors (Lipinski definition) is 2. The number of nitrogens with zero attached hydrogens (tertiary/aromatic N) is 3. The van der Waals surface area contributed by atoms with Crippen LogP contribution in [-0.4, -0.2) is 40.0 Å². The molecule has 2 heterocycles. The van der Waals surface area contributed by atoms with E-state index >= 15 is 0 Å². The summed E-state index contributed by atoms with van der Waals surface area (Å²) in [6.45, 7) is 3.71. The molecule has 1 aliphatic rings. The molecule has 8 heteroatoms. The number of benzene rings is 1. The van der Waals surface area contributed by atoms with Crippen molar-refractivity contribution in [3.05, 3.63) is 40.7 Å². The molecule has 1 aliphatic heterocycles. The van der Waals surface area contributed by atoms with Crippen LogP contribution in [0.5, 0.6) is 0 Å². The maximum Gasteiger partial charge on any atom is 0.273 e. The number of halogens is 2. The number of aromatic nitrogens is 3. The molecule has 2 N–H and O–H groups in total. The zero-order valence-electron chi connectivity index (χ0n) is 14.2. The van der Waals surface area contributed by atoms with E-state index in [2.05, 4.69) is 27.9 Å². The van der Waals surface area contributed by atoms with Gasteiger partial charge in [-0.25, -0.2) is 4.68 Å². The maximum absolute atomic E-state index is 12.5. The lowest BCUT2D eigenvalue weighted by atomic mass is 10.1. The fraction of sp³-hybridized carbons (Fsp3) is 0.471. The molecular formula is C17H23Cl2N5O. The average molecular weight is 384 g/mol. The Morgan fingerprint density at radius 3 is 3.00 bits per heavy atom. The van der Waals surface area contributed by atoms with E-state index in [-0.39, 0.29) is 18.3 Å². The molecule has 1 aromatic heterocycles. The monoisotopic (exact) mass is 383 g/mol. The molecule has 136 valence electrons. The SMILES string of the molecule is CCCc1c(C(=O)NCC2CCCN2)nnn1-c1cccc(Cl)c1.Cl. The molecule has 6 nitrogen and oxygen atoms in total. The van der Waals surface area contributed by atoms with Crippen molar-refractivity contribution in [2.45, 2.75) is 38.6 Å². The minimum Gasteiger partial charge on any atom is -0.349 e. The topological polar surface area (TPSA) is 71.8 Å². The first-order valence-electron chi connectivity index (χ1n) is 8.41. The highest BCUT2D eigenvalue weighted by Crippen LogP contribution is 2.18. The molecule has 1 saturated heterocycles. The fourth-order valence-electron chi connectivity index (χ4n) is 2.98. The maximum atomic E-state index is 12.5. The zero-order chi connectivity index (χ0) is 16.9. The summed E-state index contributed by atoms with van der Waals surface area (Å²) in [5, 5.41) is 15.3. The van der Waals surface area contributed by atoms with Gasteiger partial charge in [0, 0.05) is 17.6 Å². The van der Waals surface area contributed by atoms with E-state index in [1.54, 1.807) is 4.68 Å². The highest BCUT2D eigenvalue weighted by Gasteiger charge is 2.21. The summed E-state index contributed by atoms with van der Waals surface area (Å²) in [6.07, 6.45) is 3.88. The summed E-state index contributed by atoms with van der Waals surface area (Å²) in [6, 6.07) is 7.75. The van der Waals surface area contributed by atoms with Crippen molar-refractivity contribution < 1.29 is 4.79 Å². The van der Waals surface area contributed by atoms with Crippen molar-refractivity contribution in [2.24, 2.45) is 0 Å². The van der Waals surface area contributed by atoms with Gasteiger partial charge in [0.25, 0.3) is 5.91 Å². The molecule has 0 bridgehead atoms. The summed E-state index contributed by atoms with van der Waals surface area (Å²) in [5.41, 5.74) is 2.03. The summed E-state index contributed by atoms with van der Waals surface area (Å²) in [4.78, 5) is 12.5. The van der Waals surface area contributed by atoms with Crippen molar-refractivity contribution >= 4 is 29.9 Å². The van der Waals surface area contributed by atoms with Crippen LogP contribution in [-0.2, 0) is 6.42 Å². The third kappa shape index (κ3) is 4.71. The van der Waals surface area contributed by atoms with Gasteiger partial charge in [0.1, 0.15) is 0 Å². The molecule has 1 atom stereocenters. The number of carbonyl (C=O) groups excluding carboxylic acids is 1. The number of hydrogen-bond acceptors (Lipinski definition) is 4. The van der Waals surface area contributed by atoms with E-state index in [1.165, 1.54) is 0 Å². The second-order valence-corrected chi connectivity index (χ2v) is 6.47. The molecule has 3 rings (SSSR count). The number of nitrogens with one attached hydrogen (secondary N) is 2. The van der Waals surface area contributed by atoms with Crippen molar-refractivity contribution in [1.82, 2.24) is 25.6 Å². The third-order valence-corrected chi connectivity index (χ3v) is 4.42. The van der Waals surface area contributed by atoms with E-state index in [0.29, 0.717) is 23.3 Å². The summed E-state index contributed by atoms with van der Waals surface area (Å²) in [5.74, 6) is -0.166. The number of carbonyl (C=O) groups is 1. The minimum absolute atomic E-state index is 0. The normalized spacial score (nSPS) is 16.5. The standard InChI is InChI=1S/C17H22ClN5O.ClH/c1-2-5-15-16(17(24)20-11-13-7-4-9-19-13)21-22-23(15)14-8-3-6-12(18)10-14;/h3,6,8,10,13,19H,2,4-5,7,9,11H2,1H3,(H,20,24);1H. The average Bonchev–Trinajstić information content (AvgIpc) is 3.23. The Morgan fingerprint density at radius 1 is 1.48 bits per heavy atom. The first kappa shape index (κ1) is 19.7. The molecular weight excluding hydrogens is 361 g/mol. The molecule has 1 fully saturated rings. The Balaban J connectivity index is 0.00000225. The molecule has 0 saturated carbocycles. The highest BCUT2D eigenvalue weighted by molar-refractivity contribution is 6.30. The van der Waals surface area contributed by atoms with Crippen LogP contribution in [0.25, 0.3) is 5.69 Å². The molecule has 2 aromatic rings. The Bertz CT molecular complexity index is 713. The van der Waals surface area contributed by atoms with E-state index in [1.807, 2.05) is 24.3 Å². The predicted molar refractivity (Wildman–Crippen MR) is 101 cm³/mol. The van der Waals surface area contributed by atoms with Crippen LogP contribution in [0, 0.1) is 0 Å². The van der Waals surface area contributed by atoms with Crippen LogP contribution in [0.3, 0.4) is 0 Å². The van der Waals surface area contributed by atoms with Gasteiger partial charge in [-0.2, -0.15) is 0 Å². The Morgan fingerprint density at radius 2 is 2.32 bits per heavy atom. The van der Waals surface area contributed by atoms with Crippen molar-refractivity contribution in [1.29, 1.82) is 0 Å². The smallest absolute Gasteiger partial charge is 0.273 e. The Hall–Kier alpha value is -1.63. The third-order valence-electron chi connectivity index (χ3n) is 4.19. The number of amides is 1. The van der Waals surface area contributed by atoms with Crippen molar-refractivity contribution in [2.75, 3.05) is 13.1 Å². The lowest BCUT2D eigenvalue weighted by Gasteiger charge is -2.11. The van der Waals surface area contributed by atoms with Gasteiger partial charge in [-0.15, -0.1) is 17.5 Å². The van der Waals surface area contributed by atoms with Crippen LogP contribution in [0.15, 0.2) is 24.3 Å². The summed E-state index contributed by atoms with van der Waals surface area (Å²) >= 11 is 6.07. The van der Waals surface area contributed by atoms with Crippen LogP contribution >= 0.6 is 24.0 Å². The molecule has 1 amide bonds. The van der Waals surface area contributed by atoms with E-state index in [9.17, 15) is 4.79 Å². The zero-order valence-corrected chi connectivity index (χ0v) is 15.7. The fourth-order valence-corrected chi connectivity index (χ4v) is 3.17. The van der Waals surface area contributed by atoms with Crippen molar-refractivity contribution in [3.63, 3.8) is 0 Å². The van der Waals surface area contributed by atoms with Crippen molar-refractivity contribution in [3.8, 4) is 5.69 Å². The quantitative estimate of drug-likeness (QED) is 0.804. The Kier molecular flexibility index (Phi) is 7.23. The van der Waals surface area contributed by atoms with Gasteiger partial charge in [0.2, 0.25) is 0 Å². The highest BCUT2D eigenvalue weighted by atomic mass is 35.5. The second-order valence-electron chi connectivity index (χ2n) is 6.03. The van der Waals surface area contributed by atoms with Gasteiger partial charge in [-0.3, -0.25) is 4.79 Å². The Labute approximate surface area is 158 Å². The van der Waals surface area contributed by atoms with Gasteiger partial charge < -0.3 is 10.6 Å². The van der Waals surface area contributed by atoms with Gasteiger partial charge in [-0.1, -0.05) is 36.2 Å². The van der Waals surface area contributed by atoms with Crippen LogP contribution < -0.4 is 10.6 Å². The molecule has 0 radical (unpaired) electrons.